The number of benzene rings is 1. The largest absolute Gasteiger partial charge is 0.490 e. The van der Waals surface area contributed by atoms with Crippen molar-refractivity contribution in [2.75, 3.05) is 20.1 Å². The van der Waals surface area contributed by atoms with Crippen molar-refractivity contribution >= 4 is 5.97 Å². The molecule has 0 saturated carbocycles. The molecule has 112 valence electrons. The normalized spacial score (nSPS) is 19.9. The van der Waals surface area contributed by atoms with Gasteiger partial charge in [0.2, 0.25) is 0 Å². The standard InChI is InChI=1S/C12H17N.C2HF3O2/c1-13-9-5-8-12(10-13)11-6-3-2-4-7-11;3-2(4,5)1(6)7/h2-4,6-7,12H,5,8-10H2,1H3;(H,6,7). The highest BCUT2D eigenvalue weighted by molar-refractivity contribution is 5.73. The second-order valence-electron chi connectivity index (χ2n) is 4.81. The smallest absolute Gasteiger partial charge is 0.475 e. The molecule has 0 aromatic heterocycles. The van der Waals surface area contributed by atoms with E-state index >= 15 is 0 Å². The van der Waals surface area contributed by atoms with Crippen molar-refractivity contribution in [2.24, 2.45) is 0 Å². The monoisotopic (exact) mass is 289 g/mol. The predicted octanol–water partition coefficient (Wildman–Crippen LogP) is 3.13. The number of likely N-dealkylation sites (N-methyl/N-ethyl adjacent to an activating group) is 1. The lowest BCUT2D eigenvalue weighted by Gasteiger charge is -2.29. The fourth-order valence-corrected chi connectivity index (χ4v) is 2.16. The fraction of sp³-hybridized carbons (Fsp3) is 0.500. The lowest BCUT2D eigenvalue weighted by Crippen LogP contribution is -2.30. The molecule has 1 N–H and O–H groups in total. The molecule has 0 spiro atoms. The third kappa shape index (κ3) is 5.61. The van der Waals surface area contributed by atoms with Gasteiger partial charge < -0.3 is 10.0 Å². The van der Waals surface area contributed by atoms with E-state index in [1.807, 2.05) is 0 Å². The maximum Gasteiger partial charge on any atom is 0.490 e. The summed E-state index contributed by atoms with van der Waals surface area (Å²) in [5, 5.41) is 7.12. The molecular weight excluding hydrogens is 271 g/mol. The van der Waals surface area contributed by atoms with Crippen LogP contribution in [-0.2, 0) is 4.79 Å². The van der Waals surface area contributed by atoms with Gasteiger partial charge in [-0.3, -0.25) is 0 Å². The number of hydrogen-bond donors (Lipinski definition) is 1. The average molecular weight is 289 g/mol. The van der Waals surface area contributed by atoms with Crippen molar-refractivity contribution in [1.82, 2.24) is 4.90 Å². The van der Waals surface area contributed by atoms with Crippen LogP contribution in [0, 0.1) is 0 Å². The summed E-state index contributed by atoms with van der Waals surface area (Å²) in [7, 11) is 2.22. The number of aliphatic carboxylic acids is 1. The van der Waals surface area contributed by atoms with Crippen molar-refractivity contribution in [2.45, 2.75) is 24.9 Å². The molecule has 1 fully saturated rings. The van der Waals surface area contributed by atoms with Crippen LogP contribution in [0.15, 0.2) is 30.3 Å². The number of likely N-dealkylation sites (tertiary alicyclic amines) is 1. The first-order valence-corrected chi connectivity index (χ1v) is 6.34. The summed E-state index contributed by atoms with van der Waals surface area (Å²) >= 11 is 0. The molecule has 6 heteroatoms. The summed E-state index contributed by atoms with van der Waals surface area (Å²) in [5.41, 5.74) is 1.51. The number of carbonyl (C=O) groups is 1. The molecule has 3 nitrogen and oxygen atoms in total. The Labute approximate surface area is 116 Å². The highest BCUT2D eigenvalue weighted by Crippen LogP contribution is 2.25. The Hall–Kier alpha value is -1.56. The number of halogens is 3. The van der Waals surface area contributed by atoms with Gasteiger partial charge in [-0.25, -0.2) is 4.79 Å². The van der Waals surface area contributed by atoms with Gasteiger partial charge in [0.25, 0.3) is 0 Å². The lowest BCUT2D eigenvalue weighted by atomic mass is 9.91. The van der Waals surface area contributed by atoms with Crippen molar-refractivity contribution in [3.63, 3.8) is 0 Å². The summed E-state index contributed by atoms with van der Waals surface area (Å²) in [6, 6.07) is 10.9. The Morgan fingerprint density at radius 2 is 1.85 bits per heavy atom. The van der Waals surface area contributed by atoms with Crippen LogP contribution in [0.3, 0.4) is 0 Å². The number of nitrogens with zero attached hydrogens (tertiary/aromatic N) is 1. The number of rotatable bonds is 1. The van der Waals surface area contributed by atoms with Crippen LogP contribution in [0.1, 0.15) is 24.3 Å². The van der Waals surface area contributed by atoms with E-state index in [4.69, 9.17) is 9.90 Å². The van der Waals surface area contributed by atoms with Gasteiger partial charge in [0.05, 0.1) is 0 Å². The molecule has 1 aromatic rings. The summed E-state index contributed by atoms with van der Waals surface area (Å²) in [6.07, 6.45) is -2.38. The Balaban J connectivity index is 0.000000246. The average Bonchev–Trinajstić information content (AvgIpc) is 2.39. The van der Waals surface area contributed by atoms with E-state index in [1.165, 1.54) is 31.5 Å². The molecule has 2 rings (SSSR count). The molecule has 1 saturated heterocycles. The molecule has 0 radical (unpaired) electrons. The van der Waals surface area contributed by atoms with Crippen LogP contribution < -0.4 is 0 Å². The minimum atomic E-state index is -5.08. The van der Waals surface area contributed by atoms with E-state index in [1.54, 1.807) is 0 Å². The second kappa shape index (κ2) is 7.28. The summed E-state index contributed by atoms with van der Waals surface area (Å²) < 4.78 is 31.7. The van der Waals surface area contributed by atoms with E-state index in [2.05, 4.69) is 42.3 Å². The molecule has 0 aliphatic carbocycles. The van der Waals surface area contributed by atoms with Gasteiger partial charge in [0.15, 0.2) is 0 Å². The van der Waals surface area contributed by atoms with E-state index in [9.17, 15) is 13.2 Å². The molecule has 0 amide bonds. The quantitative estimate of drug-likeness (QED) is 0.863. The van der Waals surface area contributed by atoms with Crippen LogP contribution in [0.25, 0.3) is 0 Å². The molecule has 1 aromatic carbocycles. The van der Waals surface area contributed by atoms with Crippen LogP contribution >= 0.6 is 0 Å². The van der Waals surface area contributed by atoms with Gasteiger partial charge in [-0.2, -0.15) is 13.2 Å². The minimum Gasteiger partial charge on any atom is -0.475 e. The molecule has 1 unspecified atom stereocenters. The van der Waals surface area contributed by atoms with Crippen LogP contribution in [-0.4, -0.2) is 42.3 Å². The SMILES string of the molecule is CN1CCCC(c2ccccc2)C1.O=C(O)C(F)(F)F. The number of alkyl halides is 3. The molecule has 1 atom stereocenters. The first-order chi connectivity index (χ1) is 9.30. The van der Waals surface area contributed by atoms with Gasteiger partial charge in [-0.15, -0.1) is 0 Å². The van der Waals surface area contributed by atoms with Gasteiger partial charge >= 0.3 is 12.1 Å². The topological polar surface area (TPSA) is 40.5 Å². The number of carboxylic acid groups (broad SMARTS) is 1. The van der Waals surface area contributed by atoms with Gasteiger partial charge in [-0.05, 0) is 37.9 Å². The molecule has 0 bridgehead atoms. The van der Waals surface area contributed by atoms with E-state index in [0.29, 0.717) is 0 Å². The van der Waals surface area contributed by atoms with Crippen molar-refractivity contribution in [3.05, 3.63) is 35.9 Å². The number of piperidine rings is 1. The van der Waals surface area contributed by atoms with Gasteiger partial charge in [-0.1, -0.05) is 30.3 Å². The van der Waals surface area contributed by atoms with Crippen molar-refractivity contribution in [3.8, 4) is 0 Å². The lowest BCUT2D eigenvalue weighted by molar-refractivity contribution is -0.192. The molecule has 1 aliphatic rings. The predicted molar refractivity (Wildman–Crippen MR) is 69.6 cm³/mol. The van der Waals surface area contributed by atoms with Crippen molar-refractivity contribution in [1.29, 1.82) is 0 Å². The summed E-state index contributed by atoms with van der Waals surface area (Å²) in [6.45, 7) is 2.49. The van der Waals surface area contributed by atoms with Crippen LogP contribution in [0.5, 0.6) is 0 Å². The first kappa shape index (κ1) is 16.5. The molecule has 1 heterocycles. The third-order valence-corrected chi connectivity index (χ3v) is 3.14. The first-order valence-electron chi connectivity index (χ1n) is 6.34. The highest BCUT2D eigenvalue weighted by atomic mass is 19.4. The molecular formula is C14H18F3NO2. The highest BCUT2D eigenvalue weighted by Gasteiger charge is 2.38. The minimum absolute atomic E-state index is 0.764. The summed E-state index contributed by atoms with van der Waals surface area (Å²) in [5.74, 6) is -1.99. The van der Waals surface area contributed by atoms with Crippen molar-refractivity contribution < 1.29 is 23.1 Å². The second-order valence-corrected chi connectivity index (χ2v) is 4.81. The zero-order valence-corrected chi connectivity index (χ0v) is 11.2. The van der Waals surface area contributed by atoms with Gasteiger partial charge in [0.1, 0.15) is 0 Å². The Morgan fingerprint density at radius 1 is 1.30 bits per heavy atom. The Morgan fingerprint density at radius 3 is 2.30 bits per heavy atom. The van der Waals surface area contributed by atoms with Crippen LogP contribution in [0.4, 0.5) is 13.2 Å². The zero-order valence-electron chi connectivity index (χ0n) is 11.2. The number of carboxylic acids is 1. The summed E-state index contributed by atoms with van der Waals surface area (Å²) in [4.78, 5) is 11.3. The fourth-order valence-electron chi connectivity index (χ4n) is 2.16. The number of hydrogen-bond acceptors (Lipinski definition) is 2. The Bertz CT molecular complexity index is 420. The van der Waals surface area contributed by atoms with Gasteiger partial charge in [0, 0.05) is 6.54 Å². The molecule has 20 heavy (non-hydrogen) atoms. The maximum atomic E-state index is 10.6. The zero-order chi connectivity index (χ0) is 15.2. The molecule has 1 aliphatic heterocycles. The van der Waals surface area contributed by atoms with E-state index in [-0.39, 0.29) is 0 Å². The van der Waals surface area contributed by atoms with Crippen LogP contribution in [0.2, 0.25) is 0 Å². The van der Waals surface area contributed by atoms with E-state index < -0.39 is 12.1 Å². The van der Waals surface area contributed by atoms with E-state index in [0.717, 1.165) is 5.92 Å². The Kier molecular flexibility index (Phi) is 6.01. The third-order valence-electron chi connectivity index (χ3n) is 3.14. The maximum absolute atomic E-state index is 10.6.